The maximum atomic E-state index is 12.6. The molecule has 1 aliphatic heterocycles. The number of carbonyl (C=O) groups is 1. The summed E-state index contributed by atoms with van der Waals surface area (Å²) in [6.45, 7) is 3.64. The second kappa shape index (κ2) is 6.77. The Balaban J connectivity index is 1.33. The fourth-order valence-corrected chi connectivity index (χ4v) is 5.22. The van der Waals surface area contributed by atoms with Crippen molar-refractivity contribution in [3.63, 3.8) is 0 Å². The normalized spacial score (nSPS) is 22.0. The van der Waals surface area contributed by atoms with Crippen LogP contribution < -0.4 is 0 Å². The third-order valence-electron chi connectivity index (χ3n) is 5.83. The molecule has 2 fully saturated rings. The number of hydrogen-bond donors (Lipinski definition) is 0. The van der Waals surface area contributed by atoms with Crippen LogP contribution in [-0.4, -0.2) is 45.0 Å². The van der Waals surface area contributed by atoms with Crippen LogP contribution in [-0.2, 0) is 11.2 Å². The smallest absolute Gasteiger partial charge is 0.152 e. The Hall–Kier alpha value is -2.18. The first kappa shape index (κ1) is 17.0. The summed E-state index contributed by atoms with van der Waals surface area (Å²) in [6, 6.07) is 8.91. The minimum atomic E-state index is 0.269. The Bertz CT molecular complexity index is 1010. The summed E-state index contributed by atoms with van der Waals surface area (Å²) < 4.78 is 0. The highest BCUT2D eigenvalue weighted by Gasteiger charge is 2.38. The van der Waals surface area contributed by atoms with Crippen LogP contribution in [0.2, 0.25) is 0 Å². The van der Waals surface area contributed by atoms with E-state index in [4.69, 9.17) is 0 Å². The zero-order valence-electron chi connectivity index (χ0n) is 15.4. The number of piperidine rings is 1. The molecule has 6 heteroatoms. The van der Waals surface area contributed by atoms with E-state index in [1.54, 1.807) is 11.3 Å². The van der Waals surface area contributed by atoms with Crippen molar-refractivity contribution in [1.29, 1.82) is 0 Å². The molecule has 1 aliphatic carbocycles. The maximum absolute atomic E-state index is 12.6. The van der Waals surface area contributed by atoms with Crippen molar-refractivity contribution in [1.82, 2.24) is 20.1 Å². The van der Waals surface area contributed by atoms with Gasteiger partial charge in [-0.05, 0) is 49.6 Å². The van der Waals surface area contributed by atoms with Gasteiger partial charge in [0, 0.05) is 35.4 Å². The molecular weight excluding hydrogens is 356 g/mol. The SMILES string of the molecule is Cc1nnc(-c2ccc3cnc(CC(=O)CN4C[C@H]5CC[C@@H]4C5)cc3c2)s1. The summed E-state index contributed by atoms with van der Waals surface area (Å²) in [5.74, 6) is 1.09. The van der Waals surface area contributed by atoms with Crippen molar-refractivity contribution < 1.29 is 4.79 Å². The fourth-order valence-electron chi connectivity index (χ4n) is 4.53. The van der Waals surface area contributed by atoms with Crippen LogP contribution in [0.3, 0.4) is 0 Å². The molecule has 138 valence electrons. The van der Waals surface area contributed by atoms with Crippen molar-refractivity contribution in [3.8, 4) is 10.6 Å². The molecule has 2 bridgehead atoms. The second-order valence-corrected chi connectivity index (χ2v) is 9.02. The molecule has 5 nitrogen and oxygen atoms in total. The molecular formula is C21H22N4OS. The van der Waals surface area contributed by atoms with Gasteiger partial charge in [0.15, 0.2) is 5.78 Å². The molecule has 0 spiro atoms. The molecule has 0 radical (unpaired) electrons. The molecule has 3 heterocycles. The minimum absolute atomic E-state index is 0.269. The van der Waals surface area contributed by atoms with Crippen molar-refractivity contribution in [3.05, 3.63) is 41.2 Å². The van der Waals surface area contributed by atoms with Crippen LogP contribution in [0.4, 0.5) is 0 Å². The van der Waals surface area contributed by atoms with E-state index in [9.17, 15) is 4.79 Å². The lowest BCUT2D eigenvalue weighted by Gasteiger charge is -2.25. The number of nitrogens with zero attached hydrogens (tertiary/aromatic N) is 4. The molecule has 5 rings (SSSR count). The molecule has 1 saturated carbocycles. The molecule has 1 saturated heterocycles. The van der Waals surface area contributed by atoms with E-state index in [1.165, 1.54) is 19.3 Å². The second-order valence-electron chi connectivity index (χ2n) is 7.84. The molecule has 1 aromatic carbocycles. The Morgan fingerprint density at radius 2 is 2.15 bits per heavy atom. The van der Waals surface area contributed by atoms with Gasteiger partial charge in [0.05, 0.1) is 13.0 Å². The average Bonchev–Trinajstić information content (AvgIpc) is 3.38. The van der Waals surface area contributed by atoms with Gasteiger partial charge in [0.2, 0.25) is 0 Å². The number of pyridine rings is 1. The quantitative estimate of drug-likeness (QED) is 0.678. The fraction of sp³-hybridized carbons (Fsp3) is 0.429. The Labute approximate surface area is 162 Å². The number of ketones is 1. The number of aromatic nitrogens is 3. The van der Waals surface area contributed by atoms with E-state index in [2.05, 4.69) is 38.3 Å². The van der Waals surface area contributed by atoms with E-state index < -0.39 is 0 Å². The van der Waals surface area contributed by atoms with Crippen molar-refractivity contribution >= 4 is 27.9 Å². The Morgan fingerprint density at radius 1 is 1.22 bits per heavy atom. The van der Waals surface area contributed by atoms with Crippen molar-refractivity contribution in [2.75, 3.05) is 13.1 Å². The largest absolute Gasteiger partial charge is 0.298 e. The first-order valence-corrected chi connectivity index (χ1v) is 10.4. The molecule has 2 aliphatic rings. The standard InChI is InChI=1S/C21H22N4OS/c1-13-23-24-21(27-13)15-3-4-16-10-22-18(8-17(16)7-15)9-20(26)12-25-11-14-2-5-19(25)6-14/h3-4,7-8,10,14,19H,2,5-6,9,11-12H2,1H3/t14-,19+/m0/s1. The summed E-state index contributed by atoms with van der Waals surface area (Å²) in [7, 11) is 0. The first-order valence-electron chi connectivity index (χ1n) is 9.59. The van der Waals surface area contributed by atoms with Crippen LogP contribution in [0.15, 0.2) is 30.5 Å². The summed E-state index contributed by atoms with van der Waals surface area (Å²) in [5.41, 5.74) is 1.91. The molecule has 0 N–H and O–H groups in total. The van der Waals surface area contributed by atoms with Gasteiger partial charge in [0.1, 0.15) is 10.0 Å². The highest BCUT2D eigenvalue weighted by atomic mass is 32.1. The number of benzene rings is 1. The number of rotatable bonds is 5. The van der Waals surface area contributed by atoms with Gasteiger partial charge in [-0.15, -0.1) is 10.2 Å². The minimum Gasteiger partial charge on any atom is -0.298 e. The lowest BCUT2D eigenvalue weighted by molar-refractivity contribution is -0.120. The van der Waals surface area contributed by atoms with E-state index in [0.717, 1.165) is 44.5 Å². The van der Waals surface area contributed by atoms with Gasteiger partial charge in [-0.25, -0.2) is 0 Å². The third-order valence-corrected chi connectivity index (χ3v) is 6.72. The van der Waals surface area contributed by atoms with Gasteiger partial charge < -0.3 is 0 Å². The monoisotopic (exact) mass is 378 g/mol. The predicted octanol–water partition coefficient (Wildman–Crippen LogP) is 3.66. The third kappa shape index (κ3) is 3.39. The van der Waals surface area contributed by atoms with Crippen LogP contribution in [0, 0.1) is 12.8 Å². The summed E-state index contributed by atoms with van der Waals surface area (Å²) >= 11 is 1.59. The number of likely N-dealkylation sites (tertiary alicyclic amines) is 1. The lowest BCUT2D eigenvalue weighted by Crippen LogP contribution is -2.37. The number of Topliss-reactive ketones (excluding diaryl/α,β-unsaturated/α-hetero) is 1. The van der Waals surface area contributed by atoms with Crippen molar-refractivity contribution in [2.24, 2.45) is 5.92 Å². The molecule has 2 aromatic heterocycles. The number of aryl methyl sites for hydroxylation is 1. The van der Waals surface area contributed by atoms with Gasteiger partial charge in [0.25, 0.3) is 0 Å². The maximum Gasteiger partial charge on any atom is 0.152 e. The van der Waals surface area contributed by atoms with E-state index >= 15 is 0 Å². The average molecular weight is 379 g/mol. The van der Waals surface area contributed by atoms with Crippen molar-refractivity contribution in [2.45, 2.75) is 38.6 Å². The molecule has 3 aromatic rings. The van der Waals surface area contributed by atoms with Gasteiger partial charge in [-0.2, -0.15) is 0 Å². The highest BCUT2D eigenvalue weighted by Crippen LogP contribution is 2.37. The summed E-state index contributed by atoms with van der Waals surface area (Å²) in [6.07, 6.45) is 6.17. The van der Waals surface area contributed by atoms with E-state index in [0.29, 0.717) is 19.0 Å². The Morgan fingerprint density at radius 3 is 2.89 bits per heavy atom. The van der Waals surface area contributed by atoms with Crippen LogP contribution in [0.25, 0.3) is 21.3 Å². The zero-order valence-corrected chi connectivity index (χ0v) is 16.2. The van der Waals surface area contributed by atoms with Gasteiger partial charge in [-0.3, -0.25) is 14.7 Å². The summed E-state index contributed by atoms with van der Waals surface area (Å²) in [5, 5.41) is 12.4. The van der Waals surface area contributed by atoms with Gasteiger partial charge >= 0.3 is 0 Å². The van der Waals surface area contributed by atoms with Crippen LogP contribution in [0.5, 0.6) is 0 Å². The number of carbonyl (C=O) groups excluding carboxylic acids is 1. The molecule has 2 atom stereocenters. The summed E-state index contributed by atoms with van der Waals surface area (Å²) in [4.78, 5) is 19.5. The lowest BCUT2D eigenvalue weighted by atomic mass is 10.1. The highest BCUT2D eigenvalue weighted by molar-refractivity contribution is 7.14. The van der Waals surface area contributed by atoms with E-state index in [-0.39, 0.29) is 5.78 Å². The predicted molar refractivity (Wildman–Crippen MR) is 107 cm³/mol. The van der Waals surface area contributed by atoms with Gasteiger partial charge in [-0.1, -0.05) is 23.5 Å². The zero-order chi connectivity index (χ0) is 18.4. The molecule has 0 unspecified atom stereocenters. The number of fused-ring (bicyclic) bond motifs is 3. The molecule has 27 heavy (non-hydrogen) atoms. The van der Waals surface area contributed by atoms with Crippen LogP contribution >= 0.6 is 11.3 Å². The Kier molecular flexibility index (Phi) is 4.25. The number of hydrogen-bond acceptors (Lipinski definition) is 6. The van der Waals surface area contributed by atoms with Crippen LogP contribution in [0.1, 0.15) is 30.0 Å². The van der Waals surface area contributed by atoms with E-state index in [1.807, 2.05) is 19.2 Å². The molecule has 0 amide bonds. The first-order chi connectivity index (χ1) is 13.1. The topological polar surface area (TPSA) is 59.0 Å².